The number of carbonyl (C=O) groups is 1. The van der Waals surface area contributed by atoms with Crippen LogP contribution in [0.1, 0.15) is 76.2 Å². The molecule has 2 fully saturated rings. The third kappa shape index (κ3) is 5.76. The molecule has 0 radical (unpaired) electrons. The van der Waals surface area contributed by atoms with Gasteiger partial charge in [-0.3, -0.25) is 4.79 Å². The number of methoxy groups -OCH3 is 1. The fourth-order valence-corrected chi connectivity index (χ4v) is 6.61. The van der Waals surface area contributed by atoms with Crippen molar-refractivity contribution < 1.29 is 17.9 Å². The minimum atomic E-state index is -3.86. The Balaban J connectivity index is 1.84. The minimum Gasteiger partial charge on any atom is -0.495 e. The number of sulfonamides is 1. The largest absolute Gasteiger partial charge is 0.495 e. The Hall–Kier alpha value is -1.60. The molecular weight excluding hydrogens is 400 g/mol. The molecule has 30 heavy (non-hydrogen) atoms. The molecule has 1 aromatic carbocycles. The van der Waals surface area contributed by atoms with Crippen molar-refractivity contribution in [2.75, 3.05) is 13.7 Å². The summed E-state index contributed by atoms with van der Waals surface area (Å²) < 4.78 is 34.2. The molecule has 2 saturated carbocycles. The number of hydrogen-bond acceptors (Lipinski definition) is 4. The second-order valence-electron chi connectivity index (χ2n) is 8.75. The highest BCUT2D eigenvalue weighted by molar-refractivity contribution is 7.89. The highest BCUT2D eigenvalue weighted by Gasteiger charge is 2.36. The Morgan fingerprint density at radius 2 is 1.63 bits per heavy atom. The molecule has 0 spiro atoms. The molecule has 0 bridgehead atoms. The van der Waals surface area contributed by atoms with Crippen molar-refractivity contribution >= 4 is 15.9 Å². The van der Waals surface area contributed by atoms with Crippen molar-refractivity contribution in [3.05, 3.63) is 23.8 Å². The summed E-state index contributed by atoms with van der Waals surface area (Å²) in [6.07, 6.45) is 11.3. The van der Waals surface area contributed by atoms with E-state index < -0.39 is 10.0 Å². The summed E-state index contributed by atoms with van der Waals surface area (Å²) in [7, 11) is -2.38. The number of nitrogens with zero attached hydrogens (tertiary/aromatic N) is 1. The van der Waals surface area contributed by atoms with Gasteiger partial charge in [0.05, 0.1) is 13.7 Å². The molecule has 0 aromatic heterocycles. The van der Waals surface area contributed by atoms with Crippen LogP contribution in [0.3, 0.4) is 0 Å². The Labute approximate surface area is 181 Å². The highest BCUT2D eigenvalue weighted by atomic mass is 32.2. The van der Waals surface area contributed by atoms with E-state index in [0.717, 1.165) is 63.4 Å². The SMILES string of the molecule is COc1ccc(C)cc1S(=O)(=O)N(CC(=O)NC1CCCCCC1)C1CCCCC1. The molecule has 1 aromatic rings. The molecule has 0 aliphatic heterocycles. The molecule has 168 valence electrons. The van der Waals surface area contributed by atoms with E-state index in [9.17, 15) is 13.2 Å². The number of ether oxygens (including phenoxy) is 1. The predicted octanol–water partition coefficient (Wildman–Crippen LogP) is 4.17. The van der Waals surface area contributed by atoms with Crippen LogP contribution in [0.15, 0.2) is 23.1 Å². The van der Waals surface area contributed by atoms with E-state index in [0.29, 0.717) is 5.75 Å². The van der Waals surface area contributed by atoms with Crippen LogP contribution in [-0.2, 0) is 14.8 Å². The van der Waals surface area contributed by atoms with Gasteiger partial charge in [0.15, 0.2) is 0 Å². The summed E-state index contributed by atoms with van der Waals surface area (Å²) in [6.45, 7) is 1.74. The van der Waals surface area contributed by atoms with E-state index in [-0.39, 0.29) is 29.4 Å². The van der Waals surface area contributed by atoms with Gasteiger partial charge >= 0.3 is 0 Å². The van der Waals surface area contributed by atoms with Gasteiger partial charge < -0.3 is 10.1 Å². The van der Waals surface area contributed by atoms with Crippen LogP contribution in [-0.4, -0.2) is 44.4 Å². The standard InChI is InChI=1S/C23H36N2O4S/c1-18-14-15-21(29-2)22(16-18)30(27,28)25(20-12-8-5-9-13-20)17-23(26)24-19-10-6-3-4-7-11-19/h14-16,19-20H,3-13,17H2,1-2H3,(H,24,26). The van der Waals surface area contributed by atoms with E-state index in [1.807, 2.05) is 13.0 Å². The zero-order valence-electron chi connectivity index (χ0n) is 18.4. The summed E-state index contributed by atoms with van der Waals surface area (Å²) in [5.74, 6) is 0.133. The number of benzene rings is 1. The van der Waals surface area contributed by atoms with Gasteiger partial charge in [0.2, 0.25) is 15.9 Å². The van der Waals surface area contributed by atoms with E-state index in [2.05, 4.69) is 5.32 Å². The monoisotopic (exact) mass is 436 g/mol. The lowest BCUT2D eigenvalue weighted by Crippen LogP contribution is -2.48. The average molecular weight is 437 g/mol. The van der Waals surface area contributed by atoms with Crippen LogP contribution < -0.4 is 10.1 Å². The number of aryl methyl sites for hydroxylation is 1. The van der Waals surface area contributed by atoms with Crippen LogP contribution in [0.4, 0.5) is 0 Å². The molecule has 0 saturated heterocycles. The predicted molar refractivity (Wildman–Crippen MR) is 118 cm³/mol. The average Bonchev–Trinajstić information content (AvgIpc) is 3.01. The topological polar surface area (TPSA) is 75.7 Å². The van der Waals surface area contributed by atoms with Gasteiger partial charge in [0.1, 0.15) is 10.6 Å². The normalized spacial score (nSPS) is 19.4. The zero-order valence-corrected chi connectivity index (χ0v) is 19.2. The summed E-state index contributed by atoms with van der Waals surface area (Å²) in [5, 5.41) is 3.12. The molecule has 1 amide bonds. The Morgan fingerprint density at radius 1 is 1.03 bits per heavy atom. The smallest absolute Gasteiger partial charge is 0.247 e. The van der Waals surface area contributed by atoms with E-state index >= 15 is 0 Å². The van der Waals surface area contributed by atoms with Gasteiger partial charge in [-0.05, 0) is 50.3 Å². The second kappa shape index (κ2) is 10.6. The van der Waals surface area contributed by atoms with Gasteiger partial charge in [-0.1, -0.05) is 51.0 Å². The van der Waals surface area contributed by atoms with Gasteiger partial charge in [-0.2, -0.15) is 4.31 Å². The van der Waals surface area contributed by atoms with Crippen molar-refractivity contribution in [2.45, 2.75) is 94.5 Å². The Bertz CT molecular complexity index is 810. The van der Waals surface area contributed by atoms with E-state index in [4.69, 9.17) is 4.74 Å². The van der Waals surface area contributed by atoms with Gasteiger partial charge in [-0.15, -0.1) is 0 Å². The Kier molecular flexibility index (Phi) is 8.17. The van der Waals surface area contributed by atoms with Gasteiger partial charge in [0.25, 0.3) is 0 Å². The zero-order chi connectivity index (χ0) is 21.6. The second-order valence-corrected chi connectivity index (χ2v) is 10.6. The highest BCUT2D eigenvalue weighted by Crippen LogP contribution is 2.32. The van der Waals surface area contributed by atoms with Crippen LogP contribution >= 0.6 is 0 Å². The maximum atomic E-state index is 13.7. The third-order valence-corrected chi connectivity index (χ3v) is 8.33. The number of amides is 1. The van der Waals surface area contributed by atoms with Crippen molar-refractivity contribution in [1.82, 2.24) is 9.62 Å². The van der Waals surface area contributed by atoms with Crippen molar-refractivity contribution in [3.63, 3.8) is 0 Å². The molecule has 1 N–H and O–H groups in total. The van der Waals surface area contributed by atoms with Crippen molar-refractivity contribution in [3.8, 4) is 5.75 Å². The molecule has 2 aliphatic carbocycles. The van der Waals surface area contributed by atoms with Gasteiger partial charge in [0, 0.05) is 12.1 Å². The first-order valence-electron chi connectivity index (χ1n) is 11.4. The first-order chi connectivity index (χ1) is 14.4. The number of carbonyl (C=O) groups excluding carboxylic acids is 1. The minimum absolute atomic E-state index is 0.124. The lowest BCUT2D eigenvalue weighted by atomic mass is 9.95. The van der Waals surface area contributed by atoms with Crippen molar-refractivity contribution in [1.29, 1.82) is 0 Å². The van der Waals surface area contributed by atoms with Crippen LogP contribution in [0.5, 0.6) is 5.75 Å². The summed E-state index contributed by atoms with van der Waals surface area (Å²) >= 11 is 0. The number of nitrogens with one attached hydrogen (secondary N) is 1. The number of hydrogen-bond donors (Lipinski definition) is 1. The molecular formula is C23H36N2O4S. The van der Waals surface area contributed by atoms with Crippen LogP contribution in [0.2, 0.25) is 0 Å². The molecule has 7 heteroatoms. The molecule has 0 unspecified atom stereocenters. The molecule has 2 aliphatic rings. The molecule has 0 heterocycles. The van der Waals surface area contributed by atoms with Crippen molar-refractivity contribution in [2.24, 2.45) is 0 Å². The maximum absolute atomic E-state index is 13.7. The first-order valence-corrected chi connectivity index (χ1v) is 12.8. The summed E-state index contributed by atoms with van der Waals surface area (Å²) in [4.78, 5) is 13.1. The summed E-state index contributed by atoms with van der Waals surface area (Å²) in [6, 6.07) is 5.18. The van der Waals surface area contributed by atoms with Crippen LogP contribution in [0.25, 0.3) is 0 Å². The first kappa shape index (κ1) is 23.1. The summed E-state index contributed by atoms with van der Waals surface area (Å²) in [5.41, 5.74) is 0.848. The fourth-order valence-electron chi connectivity index (χ4n) is 4.73. The molecule has 3 rings (SSSR count). The Morgan fingerprint density at radius 3 is 2.27 bits per heavy atom. The van der Waals surface area contributed by atoms with E-state index in [1.54, 1.807) is 12.1 Å². The third-order valence-electron chi connectivity index (χ3n) is 6.41. The number of rotatable bonds is 7. The van der Waals surface area contributed by atoms with E-state index in [1.165, 1.54) is 24.3 Å². The quantitative estimate of drug-likeness (QED) is 0.651. The van der Waals surface area contributed by atoms with Gasteiger partial charge in [-0.25, -0.2) is 8.42 Å². The lowest BCUT2D eigenvalue weighted by Gasteiger charge is -2.33. The van der Waals surface area contributed by atoms with Crippen LogP contribution in [0, 0.1) is 6.92 Å². The lowest BCUT2D eigenvalue weighted by molar-refractivity contribution is -0.122. The maximum Gasteiger partial charge on any atom is 0.247 e. The molecule has 6 nitrogen and oxygen atoms in total. The molecule has 0 atom stereocenters. The fraction of sp³-hybridized carbons (Fsp3) is 0.696.